The molecule has 1 fully saturated rings. The maximum atomic E-state index is 12.8. The Hall–Kier alpha value is -2.70. The van der Waals surface area contributed by atoms with Gasteiger partial charge in [-0.2, -0.15) is 0 Å². The molecule has 2 aromatic heterocycles. The van der Waals surface area contributed by atoms with E-state index in [1.807, 2.05) is 23.4 Å². The number of hydrogen-bond donors (Lipinski definition) is 1. The zero-order valence-corrected chi connectivity index (χ0v) is 14.1. The standard InChI is InChI=1S/C17H22N6O/c1-12-10-19-5-4-15(12)22-6-3-7-23(9-8-22)16(24)14-11-20-17(18)21-13(14)2/h4-5,10-11H,3,6-9H2,1-2H3,(H2,18,20,21). The Morgan fingerprint density at radius 1 is 1.17 bits per heavy atom. The first-order valence-electron chi connectivity index (χ1n) is 8.10. The number of carbonyl (C=O) groups excluding carboxylic acids is 1. The van der Waals surface area contributed by atoms with Crippen LogP contribution in [-0.2, 0) is 0 Å². The van der Waals surface area contributed by atoms with Gasteiger partial charge >= 0.3 is 0 Å². The molecule has 2 N–H and O–H groups in total. The van der Waals surface area contributed by atoms with Gasteiger partial charge in [0.25, 0.3) is 5.91 Å². The fraction of sp³-hybridized carbons (Fsp3) is 0.412. The molecule has 1 aliphatic heterocycles. The number of nitrogens with two attached hydrogens (primary N) is 1. The van der Waals surface area contributed by atoms with Crippen molar-refractivity contribution in [3.63, 3.8) is 0 Å². The maximum Gasteiger partial charge on any atom is 0.257 e. The Morgan fingerprint density at radius 3 is 2.75 bits per heavy atom. The highest BCUT2D eigenvalue weighted by Gasteiger charge is 2.23. The van der Waals surface area contributed by atoms with Gasteiger partial charge < -0.3 is 15.5 Å². The van der Waals surface area contributed by atoms with Crippen LogP contribution in [0.25, 0.3) is 0 Å². The van der Waals surface area contributed by atoms with Gasteiger partial charge in [-0.15, -0.1) is 0 Å². The van der Waals surface area contributed by atoms with Crippen LogP contribution in [0.5, 0.6) is 0 Å². The first kappa shape index (κ1) is 16.2. The van der Waals surface area contributed by atoms with Crippen molar-refractivity contribution in [3.05, 3.63) is 41.5 Å². The van der Waals surface area contributed by atoms with Gasteiger partial charge in [0.2, 0.25) is 5.95 Å². The number of rotatable bonds is 2. The lowest BCUT2D eigenvalue weighted by Gasteiger charge is -2.25. The van der Waals surface area contributed by atoms with Crippen molar-refractivity contribution in [1.29, 1.82) is 0 Å². The number of amides is 1. The SMILES string of the molecule is Cc1cnccc1N1CCCN(C(=O)c2cnc(N)nc2C)CC1. The summed E-state index contributed by atoms with van der Waals surface area (Å²) in [5.41, 5.74) is 9.06. The third-order valence-corrected chi connectivity index (χ3v) is 4.34. The van der Waals surface area contributed by atoms with E-state index >= 15 is 0 Å². The molecule has 24 heavy (non-hydrogen) atoms. The second-order valence-corrected chi connectivity index (χ2v) is 6.02. The van der Waals surface area contributed by atoms with Gasteiger partial charge in [-0.1, -0.05) is 0 Å². The van der Waals surface area contributed by atoms with E-state index in [4.69, 9.17) is 5.73 Å². The van der Waals surface area contributed by atoms with Crippen molar-refractivity contribution in [2.24, 2.45) is 0 Å². The van der Waals surface area contributed by atoms with Crippen molar-refractivity contribution in [2.75, 3.05) is 36.8 Å². The lowest BCUT2D eigenvalue weighted by atomic mass is 10.2. The number of carbonyl (C=O) groups is 1. The quantitative estimate of drug-likeness (QED) is 0.898. The minimum Gasteiger partial charge on any atom is -0.369 e. The number of aromatic nitrogens is 3. The number of hydrogen-bond acceptors (Lipinski definition) is 6. The highest BCUT2D eigenvalue weighted by molar-refractivity contribution is 5.95. The van der Waals surface area contributed by atoms with Crippen LogP contribution in [0.1, 0.15) is 28.0 Å². The zero-order valence-electron chi connectivity index (χ0n) is 14.1. The Bertz CT molecular complexity index is 748. The van der Waals surface area contributed by atoms with E-state index in [9.17, 15) is 4.79 Å². The van der Waals surface area contributed by atoms with Crippen molar-refractivity contribution >= 4 is 17.5 Å². The average molecular weight is 326 g/mol. The molecular formula is C17H22N6O. The van der Waals surface area contributed by atoms with E-state index in [1.165, 1.54) is 11.9 Å². The molecule has 3 rings (SSSR count). The maximum absolute atomic E-state index is 12.8. The average Bonchev–Trinajstić information content (AvgIpc) is 2.81. The highest BCUT2D eigenvalue weighted by atomic mass is 16.2. The Kier molecular flexibility index (Phi) is 4.59. The molecule has 0 bridgehead atoms. The van der Waals surface area contributed by atoms with Crippen LogP contribution in [0.4, 0.5) is 11.6 Å². The smallest absolute Gasteiger partial charge is 0.257 e. The monoisotopic (exact) mass is 326 g/mol. The Balaban J connectivity index is 1.73. The molecule has 0 atom stereocenters. The predicted octanol–water partition coefficient (Wildman–Crippen LogP) is 1.42. The summed E-state index contributed by atoms with van der Waals surface area (Å²) in [6, 6.07) is 2.03. The number of aryl methyl sites for hydroxylation is 2. The van der Waals surface area contributed by atoms with Crippen LogP contribution in [-0.4, -0.2) is 51.9 Å². The van der Waals surface area contributed by atoms with Crippen LogP contribution < -0.4 is 10.6 Å². The van der Waals surface area contributed by atoms with Gasteiger partial charge in [0, 0.05) is 50.5 Å². The third kappa shape index (κ3) is 3.29. The van der Waals surface area contributed by atoms with Gasteiger partial charge in [0.15, 0.2) is 0 Å². The third-order valence-electron chi connectivity index (χ3n) is 4.34. The fourth-order valence-electron chi connectivity index (χ4n) is 3.05. The molecule has 0 saturated carbocycles. The lowest BCUT2D eigenvalue weighted by molar-refractivity contribution is 0.0765. The molecule has 126 valence electrons. The Labute approximate surface area is 141 Å². The number of nitrogens with zero attached hydrogens (tertiary/aromatic N) is 5. The lowest BCUT2D eigenvalue weighted by Crippen LogP contribution is -2.36. The summed E-state index contributed by atoms with van der Waals surface area (Å²) in [7, 11) is 0. The predicted molar refractivity (Wildman–Crippen MR) is 92.9 cm³/mol. The first-order valence-corrected chi connectivity index (χ1v) is 8.10. The summed E-state index contributed by atoms with van der Waals surface area (Å²) in [4.78, 5) is 29.2. The first-order chi connectivity index (χ1) is 11.6. The molecule has 1 saturated heterocycles. The zero-order chi connectivity index (χ0) is 17.1. The molecule has 0 radical (unpaired) electrons. The Morgan fingerprint density at radius 2 is 2.00 bits per heavy atom. The molecule has 0 aliphatic carbocycles. The van der Waals surface area contributed by atoms with Gasteiger partial charge in [-0.3, -0.25) is 9.78 Å². The minimum absolute atomic E-state index is 0.0270. The molecule has 1 amide bonds. The van der Waals surface area contributed by atoms with Crippen molar-refractivity contribution in [1.82, 2.24) is 19.9 Å². The molecule has 0 aromatic carbocycles. The molecule has 3 heterocycles. The van der Waals surface area contributed by atoms with Crippen LogP contribution in [0.15, 0.2) is 24.7 Å². The van der Waals surface area contributed by atoms with E-state index in [0.29, 0.717) is 17.8 Å². The normalized spacial score (nSPS) is 15.2. The summed E-state index contributed by atoms with van der Waals surface area (Å²) in [5, 5.41) is 0. The fourth-order valence-corrected chi connectivity index (χ4v) is 3.05. The molecule has 7 heteroatoms. The van der Waals surface area contributed by atoms with Gasteiger partial charge in [-0.05, 0) is 31.9 Å². The van der Waals surface area contributed by atoms with E-state index in [-0.39, 0.29) is 11.9 Å². The van der Waals surface area contributed by atoms with Crippen molar-refractivity contribution < 1.29 is 4.79 Å². The number of anilines is 2. The highest BCUT2D eigenvalue weighted by Crippen LogP contribution is 2.20. The van der Waals surface area contributed by atoms with Crippen LogP contribution >= 0.6 is 0 Å². The number of pyridine rings is 1. The molecule has 0 spiro atoms. The van der Waals surface area contributed by atoms with Crippen LogP contribution in [0.2, 0.25) is 0 Å². The van der Waals surface area contributed by atoms with Gasteiger partial charge in [-0.25, -0.2) is 9.97 Å². The topological polar surface area (TPSA) is 88.2 Å². The second-order valence-electron chi connectivity index (χ2n) is 6.02. The summed E-state index contributed by atoms with van der Waals surface area (Å²) in [6.45, 7) is 6.96. The van der Waals surface area contributed by atoms with Gasteiger partial charge in [0.05, 0.1) is 11.3 Å². The summed E-state index contributed by atoms with van der Waals surface area (Å²) >= 11 is 0. The molecule has 7 nitrogen and oxygen atoms in total. The number of nitrogen functional groups attached to an aromatic ring is 1. The summed E-state index contributed by atoms with van der Waals surface area (Å²) in [6.07, 6.45) is 6.13. The molecule has 1 aliphatic rings. The summed E-state index contributed by atoms with van der Waals surface area (Å²) < 4.78 is 0. The van der Waals surface area contributed by atoms with Crippen molar-refractivity contribution in [2.45, 2.75) is 20.3 Å². The van der Waals surface area contributed by atoms with Crippen molar-refractivity contribution in [3.8, 4) is 0 Å². The van der Waals surface area contributed by atoms with E-state index in [1.54, 1.807) is 6.92 Å². The largest absolute Gasteiger partial charge is 0.369 e. The van der Waals surface area contributed by atoms with Crippen LogP contribution in [0.3, 0.4) is 0 Å². The molecular weight excluding hydrogens is 304 g/mol. The minimum atomic E-state index is -0.0270. The van der Waals surface area contributed by atoms with E-state index in [2.05, 4.69) is 26.8 Å². The van der Waals surface area contributed by atoms with E-state index < -0.39 is 0 Å². The summed E-state index contributed by atoms with van der Waals surface area (Å²) in [5.74, 6) is 0.167. The van der Waals surface area contributed by atoms with E-state index in [0.717, 1.165) is 31.6 Å². The molecule has 2 aromatic rings. The van der Waals surface area contributed by atoms with Crippen LogP contribution in [0, 0.1) is 13.8 Å². The molecule has 0 unspecified atom stereocenters. The second kappa shape index (κ2) is 6.82. The van der Waals surface area contributed by atoms with Gasteiger partial charge in [0.1, 0.15) is 0 Å².